The Hall–Kier alpha value is -3.65. The predicted molar refractivity (Wildman–Crippen MR) is 137 cm³/mol. The summed E-state index contributed by atoms with van der Waals surface area (Å²) in [6.45, 7) is 2.45. The predicted octanol–water partition coefficient (Wildman–Crippen LogP) is 6.17. The summed E-state index contributed by atoms with van der Waals surface area (Å²) in [5.41, 5.74) is 1.95. The number of rotatable bonds is 12. The van der Waals surface area contributed by atoms with E-state index in [1.54, 1.807) is 24.5 Å². The molecule has 7 nitrogen and oxygen atoms in total. The number of pyridine rings is 2. The number of nitrogens with one attached hydrogen (secondary N) is 1. The van der Waals surface area contributed by atoms with Crippen molar-refractivity contribution < 1.29 is 27.4 Å². The van der Waals surface area contributed by atoms with Gasteiger partial charge in [0.15, 0.2) is 0 Å². The van der Waals surface area contributed by atoms with E-state index >= 15 is 0 Å². The molecule has 0 fully saturated rings. The maximum absolute atomic E-state index is 12.3. The largest absolute Gasteiger partial charge is 0.573 e. The number of aromatic nitrogens is 2. The highest BCUT2D eigenvalue weighted by Crippen LogP contribution is 2.31. The lowest BCUT2D eigenvalue weighted by Gasteiger charge is -2.12. The standard InChI is InChI=1S/C27H24ClF3N4O3/c28-23-13-19(4-6-25(23)38-27(29,30)31)16-33-8-1-2-10-36-11-12-37-26-21-7-9-34-17-22(21)20-5-3-18(15-32)14-24(20)35-26/h3-7,9,13-14,17,33H,1-2,8,10-12,16H2. The number of benzene rings is 2. The van der Waals surface area contributed by atoms with Crippen molar-refractivity contribution in [2.75, 3.05) is 26.4 Å². The topological polar surface area (TPSA) is 89.3 Å². The highest BCUT2D eigenvalue weighted by molar-refractivity contribution is 6.32. The zero-order chi connectivity index (χ0) is 27.0. The lowest BCUT2D eigenvalue weighted by atomic mass is 10.1. The summed E-state index contributed by atoms with van der Waals surface area (Å²) in [6, 6.07) is 13.5. The first-order valence-electron chi connectivity index (χ1n) is 11.9. The highest BCUT2D eigenvalue weighted by atomic mass is 35.5. The molecule has 0 aliphatic rings. The van der Waals surface area contributed by atoms with Gasteiger partial charge in [0.25, 0.3) is 0 Å². The van der Waals surface area contributed by atoms with Gasteiger partial charge in [-0.15, -0.1) is 13.2 Å². The first-order valence-corrected chi connectivity index (χ1v) is 12.2. The molecule has 4 rings (SSSR count). The first kappa shape index (κ1) is 27.4. The van der Waals surface area contributed by atoms with Crippen LogP contribution in [-0.2, 0) is 11.3 Å². The number of ether oxygens (including phenoxy) is 3. The Morgan fingerprint density at radius 1 is 0.974 bits per heavy atom. The van der Waals surface area contributed by atoms with Crippen LogP contribution in [0.5, 0.6) is 11.6 Å². The number of alkyl halides is 3. The van der Waals surface area contributed by atoms with Gasteiger partial charge in [0.2, 0.25) is 5.88 Å². The van der Waals surface area contributed by atoms with Crippen molar-refractivity contribution in [3.8, 4) is 17.7 Å². The van der Waals surface area contributed by atoms with E-state index in [1.165, 1.54) is 18.2 Å². The molecule has 0 radical (unpaired) electrons. The fraction of sp³-hybridized carbons (Fsp3) is 0.296. The molecule has 0 bridgehead atoms. The molecule has 0 aliphatic heterocycles. The average Bonchev–Trinajstić information content (AvgIpc) is 2.90. The van der Waals surface area contributed by atoms with Crippen LogP contribution in [0.15, 0.2) is 54.9 Å². The molecule has 0 spiro atoms. The molecular weight excluding hydrogens is 521 g/mol. The molecule has 0 amide bonds. The van der Waals surface area contributed by atoms with Crippen LogP contribution in [0.1, 0.15) is 24.0 Å². The minimum Gasteiger partial charge on any atom is -0.475 e. The molecule has 198 valence electrons. The van der Waals surface area contributed by atoms with E-state index in [0.29, 0.717) is 49.9 Å². The summed E-state index contributed by atoms with van der Waals surface area (Å²) in [4.78, 5) is 8.81. The van der Waals surface area contributed by atoms with E-state index in [-0.39, 0.29) is 5.02 Å². The van der Waals surface area contributed by atoms with E-state index < -0.39 is 12.1 Å². The van der Waals surface area contributed by atoms with E-state index in [9.17, 15) is 18.4 Å². The third-order valence-electron chi connectivity index (χ3n) is 5.60. The number of nitrogens with zero attached hydrogens (tertiary/aromatic N) is 3. The van der Waals surface area contributed by atoms with Gasteiger partial charge in [-0.2, -0.15) is 5.26 Å². The highest BCUT2D eigenvalue weighted by Gasteiger charge is 2.32. The molecule has 0 aliphatic carbocycles. The summed E-state index contributed by atoms with van der Waals surface area (Å²) in [5, 5.41) is 15.0. The molecule has 4 aromatic rings. The normalized spacial score (nSPS) is 11.6. The van der Waals surface area contributed by atoms with Crippen LogP contribution < -0.4 is 14.8 Å². The van der Waals surface area contributed by atoms with Gasteiger partial charge in [0, 0.05) is 41.7 Å². The Balaban J connectivity index is 1.15. The summed E-state index contributed by atoms with van der Waals surface area (Å²) in [5.74, 6) is 0.0506. The Bertz CT molecular complexity index is 1440. The third-order valence-corrected chi connectivity index (χ3v) is 5.90. The Labute approximate surface area is 222 Å². The quantitative estimate of drug-likeness (QED) is 0.168. The fourth-order valence-electron chi connectivity index (χ4n) is 3.84. The van der Waals surface area contributed by atoms with Crippen LogP contribution in [0.4, 0.5) is 13.2 Å². The average molecular weight is 545 g/mol. The van der Waals surface area contributed by atoms with Gasteiger partial charge in [-0.25, -0.2) is 4.98 Å². The van der Waals surface area contributed by atoms with Crippen molar-refractivity contribution in [3.63, 3.8) is 0 Å². The maximum atomic E-state index is 12.3. The van der Waals surface area contributed by atoms with Gasteiger partial charge in [-0.1, -0.05) is 23.7 Å². The minimum atomic E-state index is -4.78. The third kappa shape index (κ3) is 7.44. The maximum Gasteiger partial charge on any atom is 0.573 e. The number of nitriles is 1. The second-order valence-electron chi connectivity index (χ2n) is 8.34. The molecule has 11 heteroatoms. The molecule has 2 heterocycles. The molecule has 2 aromatic heterocycles. The number of unbranched alkanes of at least 4 members (excludes halogenated alkanes) is 1. The smallest absolute Gasteiger partial charge is 0.475 e. The molecule has 2 aromatic carbocycles. The lowest BCUT2D eigenvalue weighted by Crippen LogP contribution is -2.18. The van der Waals surface area contributed by atoms with Crippen LogP contribution in [-0.4, -0.2) is 42.7 Å². The second-order valence-corrected chi connectivity index (χ2v) is 8.75. The molecule has 0 saturated carbocycles. The molecule has 0 saturated heterocycles. The van der Waals surface area contributed by atoms with Gasteiger partial charge in [0.1, 0.15) is 12.4 Å². The summed E-state index contributed by atoms with van der Waals surface area (Å²) >= 11 is 5.87. The van der Waals surface area contributed by atoms with Gasteiger partial charge in [0.05, 0.1) is 28.8 Å². The van der Waals surface area contributed by atoms with E-state index in [1.807, 2.05) is 12.1 Å². The van der Waals surface area contributed by atoms with Gasteiger partial charge >= 0.3 is 6.36 Å². The molecule has 0 unspecified atom stereocenters. The van der Waals surface area contributed by atoms with Crippen molar-refractivity contribution in [3.05, 3.63) is 71.0 Å². The Morgan fingerprint density at radius 2 is 1.84 bits per heavy atom. The van der Waals surface area contributed by atoms with Crippen LogP contribution in [0.25, 0.3) is 21.7 Å². The number of halogens is 4. The van der Waals surface area contributed by atoms with Crippen molar-refractivity contribution in [2.24, 2.45) is 0 Å². The summed E-state index contributed by atoms with van der Waals surface area (Å²) in [7, 11) is 0. The van der Waals surface area contributed by atoms with Crippen molar-refractivity contribution in [2.45, 2.75) is 25.7 Å². The van der Waals surface area contributed by atoms with Gasteiger partial charge in [-0.3, -0.25) is 4.98 Å². The minimum absolute atomic E-state index is 0.0901. The summed E-state index contributed by atoms with van der Waals surface area (Å²) in [6.07, 6.45) is 0.346. The van der Waals surface area contributed by atoms with E-state index in [0.717, 1.165) is 34.6 Å². The second kappa shape index (κ2) is 12.7. The van der Waals surface area contributed by atoms with E-state index in [4.69, 9.17) is 21.1 Å². The number of hydrogen-bond donors (Lipinski definition) is 1. The fourth-order valence-corrected chi connectivity index (χ4v) is 4.09. The van der Waals surface area contributed by atoms with Gasteiger partial charge < -0.3 is 19.5 Å². The van der Waals surface area contributed by atoms with E-state index in [2.05, 4.69) is 26.1 Å². The summed E-state index contributed by atoms with van der Waals surface area (Å²) < 4.78 is 52.4. The number of fused-ring (bicyclic) bond motifs is 3. The van der Waals surface area contributed by atoms with Crippen LogP contribution >= 0.6 is 11.6 Å². The molecule has 0 atom stereocenters. The van der Waals surface area contributed by atoms with Crippen molar-refractivity contribution in [1.82, 2.24) is 15.3 Å². The van der Waals surface area contributed by atoms with Crippen LogP contribution in [0.2, 0.25) is 5.02 Å². The Kier molecular flexibility index (Phi) is 9.18. The number of hydrogen-bond acceptors (Lipinski definition) is 7. The van der Waals surface area contributed by atoms with Crippen molar-refractivity contribution in [1.29, 1.82) is 5.26 Å². The monoisotopic (exact) mass is 544 g/mol. The lowest BCUT2D eigenvalue weighted by molar-refractivity contribution is -0.274. The zero-order valence-corrected chi connectivity index (χ0v) is 21.0. The van der Waals surface area contributed by atoms with Crippen LogP contribution in [0.3, 0.4) is 0 Å². The molecular formula is C27H24ClF3N4O3. The van der Waals surface area contributed by atoms with Crippen molar-refractivity contribution >= 4 is 33.3 Å². The van der Waals surface area contributed by atoms with Gasteiger partial charge in [-0.05, 0) is 55.3 Å². The Morgan fingerprint density at radius 3 is 2.63 bits per heavy atom. The molecule has 38 heavy (non-hydrogen) atoms. The zero-order valence-electron chi connectivity index (χ0n) is 20.2. The van der Waals surface area contributed by atoms with Crippen LogP contribution in [0, 0.1) is 11.3 Å². The first-order chi connectivity index (χ1) is 18.3. The molecule has 1 N–H and O–H groups in total. The SMILES string of the molecule is N#Cc1ccc2c(c1)nc(OCCOCCCCNCc1ccc(OC(F)(F)F)c(Cl)c1)c1ccncc12.